The molecule has 1 heterocycles. The van der Waals surface area contributed by atoms with Crippen LogP contribution in [0.1, 0.15) is 15.9 Å². The lowest BCUT2D eigenvalue weighted by molar-refractivity contribution is 0.0951. The molecule has 0 atom stereocenters. The molecule has 0 aliphatic rings. The zero-order chi connectivity index (χ0) is 17.9. The predicted octanol–water partition coefficient (Wildman–Crippen LogP) is 5.03. The van der Waals surface area contributed by atoms with Crippen LogP contribution in [-0.4, -0.2) is 10.9 Å². The van der Waals surface area contributed by atoms with E-state index in [0.717, 1.165) is 25.8 Å². The van der Waals surface area contributed by atoms with Gasteiger partial charge in [0.25, 0.3) is 5.91 Å². The number of nitrogens with one attached hydrogen (secondary N) is 1. The van der Waals surface area contributed by atoms with E-state index in [-0.39, 0.29) is 5.91 Å². The number of para-hydroxylation sites is 2. The summed E-state index contributed by atoms with van der Waals surface area (Å²) in [6, 6.07) is 23.1. The molecule has 0 saturated heterocycles. The average molecular weight is 454 g/mol. The van der Waals surface area contributed by atoms with Crippen molar-refractivity contribution in [2.45, 2.75) is 6.54 Å². The van der Waals surface area contributed by atoms with Gasteiger partial charge < -0.3 is 9.73 Å². The van der Waals surface area contributed by atoms with Gasteiger partial charge >= 0.3 is 0 Å². The van der Waals surface area contributed by atoms with Gasteiger partial charge in [0, 0.05) is 21.2 Å². The van der Waals surface area contributed by atoms with Gasteiger partial charge in [-0.3, -0.25) is 4.79 Å². The third-order valence-electron chi connectivity index (χ3n) is 4.03. The SMILES string of the molecule is O=C(NCc1ccc(-c2nc3ccccc3o2)cc1)c1cccc(I)c1. The molecule has 0 aliphatic heterocycles. The van der Waals surface area contributed by atoms with Crippen LogP contribution in [0.4, 0.5) is 0 Å². The Kier molecular flexibility index (Phi) is 4.71. The van der Waals surface area contributed by atoms with Crippen molar-refractivity contribution in [3.8, 4) is 11.5 Å². The van der Waals surface area contributed by atoms with Crippen LogP contribution in [0.15, 0.2) is 77.2 Å². The van der Waals surface area contributed by atoms with Crippen LogP contribution in [0.5, 0.6) is 0 Å². The molecule has 0 bridgehead atoms. The molecule has 26 heavy (non-hydrogen) atoms. The van der Waals surface area contributed by atoms with Crippen LogP contribution >= 0.6 is 22.6 Å². The Morgan fingerprint density at radius 2 is 1.81 bits per heavy atom. The van der Waals surface area contributed by atoms with E-state index in [4.69, 9.17) is 4.42 Å². The number of benzene rings is 3. The monoisotopic (exact) mass is 454 g/mol. The van der Waals surface area contributed by atoms with E-state index < -0.39 is 0 Å². The molecule has 1 aromatic heterocycles. The Morgan fingerprint density at radius 3 is 2.58 bits per heavy atom. The Balaban J connectivity index is 1.45. The summed E-state index contributed by atoms with van der Waals surface area (Å²) in [7, 11) is 0. The summed E-state index contributed by atoms with van der Waals surface area (Å²) in [6.45, 7) is 0.470. The second-order valence-electron chi connectivity index (χ2n) is 5.88. The van der Waals surface area contributed by atoms with E-state index >= 15 is 0 Å². The van der Waals surface area contributed by atoms with E-state index in [2.05, 4.69) is 32.9 Å². The molecule has 0 aliphatic carbocycles. The summed E-state index contributed by atoms with van der Waals surface area (Å²) in [5.74, 6) is 0.521. The average Bonchev–Trinajstić information content (AvgIpc) is 3.11. The maximum absolute atomic E-state index is 12.2. The molecule has 0 unspecified atom stereocenters. The third kappa shape index (κ3) is 3.62. The zero-order valence-corrected chi connectivity index (χ0v) is 15.9. The first kappa shape index (κ1) is 16.8. The maximum atomic E-state index is 12.2. The molecule has 0 radical (unpaired) electrons. The fourth-order valence-electron chi connectivity index (χ4n) is 2.67. The number of hydrogen-bond acceptors (Lipinski definition) is 3. The lowest BCUT2D eigenvalue weighted by atomic mass is 10.1. The Bertz CT molecular complexity index is 1040. The lowest BCUT2D eigenvalue weighted by Crippen LogP contribution is -2.22. The van der Waals surface area contributed by atoms with Crippen molar-refractivity contribution in [3.63, 3.8) is 0 Å². The molecule has 0 spiro atoms. The van der Waals surface area contributed by atoms with Gasteiger partial charge in [0.05, 0.1) is 0 Å². The topological polar surface area (TPSA) is 55.1 Å². The molecule has 4 aromatic rings. The minimum atomic E-state index is -0.0773. The van der Waals surface area contributed by atoms with Crippen LogP contribution in [0.2, 0.25) is 0 Å². The minimum Gasteiger partial charge on any atom is -0.436 e. The van der Waals surface area contributed by atoms with Crippen molar-refractivity contribution in [3.05, 3.63) is 87.5 Å². The molecule has 5 heteroatoms. The predicted molar refractivity (Wildman–Crippen MR) is 110 cm³/mol. The number of amides is 1. The lowest BCUT2D eigenvalue weighted by Gasteiger charge is -2.06. The Labute approximate surface area is 164 Å². The molecule has 1 amide bonds. The largest absolute Gasteiger partial charge is 0.436 e. The fraction of sp³-hybridized carbons (Fsp3) is 0.0476. The van der Waals surface area contributed by atoms with E-state index in [1.165, 1.54) is 0 Å². The number of oxazole rings is 1. The first-order valence-electron chi connectivity index (χ1n) is 8.18. The van der Waals surface area contributed by atoms with Crippen LogP contribution in [-0.2, 0) is 6.54 Å². The van der Waals surface area contributed by atoms with Crippen molar-refractivity contribution < 1.29 is 9.21 Å². The first-order chi connectivity index (χ1) is 12.7. The number of fused-ring (bicyclic) bond motifs is 1. The van der Waals surface area contributed by atoms with Crippen molar-refractivity contribution >= 4 is 39.6 Å². The molecule has 4 rings (SSSR count). The molecule has 3 aromatic carbocycles. The number of carbonyl (C=O) groups is 1. The van der Waals surface area contributed by atoms with Gasteiger partial charge in [-0.1, -0.05) is 30.3 Å². The van der Waals surface area contributed by atoms with E-state index in [0.29, 0.717) is 18.0 Å². The van der Waals surface area contributed by atoms with E-state index in [1.54, 1.807) is 0 Å². The number of aromatic nitrogens is 1. The summed E-state index contributed by atoms with van der Waals surface area (Å²) in [4.78, 5) is 16.7. The van der Waals surface area contributed by atoms with Crippen LogP contribution in [0.25, 0.3) is 22.6 Å². The van der Waals surface area contributed by atoms with Crippen LogP contribution < -0.4 is 5.32 Å². The van der Waals surface area contributed by atoms with E-state index in [1.807, 2.05) is 72.8 Å². The summed E-state index contributed by atoms with van der Waals surface area (Å²) in [6.07, 6.45) is 0. The van der Waals surface area contributed by atoms with Crippen LogP contribution in [0, 0.1) is 3.57 Å². The number of rotatable bonds is 4. The minimum absolute atomic E-state index is 0.0773. The molecule has 1 N–H and O–H groups in total. The van der Waals surface area contributed by atoms with Gasteiger partial charge in [0.15, 0.2) is 5.58 Å². The summed E-state index contributed by atoms with van der Waals surface area (Å²) in [5.41, 5.74) is 4.21. The van der Waals surface area contributed by atoms with Crippen molar-refractivity contribution in [1.82, 2.24) is 10.3 Å². The van der Waals surface area contributed by atoms with Gasteiger partial charge in [0.1, 0.15) is 5.52 Å². The Morgan fingerprint density at radius 1 is 1.00 bits per heavy atom. The number of carbonyl (C=O) groups excluding carboxylic acids is 1. The zero-order valence-electron chi connectivity index (χ0n) is 13.8. The number of nitrogens with zero attached hydrogens (tertiary/aromatic N) is 1. The van der Waals surface area contributed by atoms with Gasteiger partial charge in [-0.05, 0) is 70.6 Å². The summed E-state index contributed by atoms with van der Waals surface area (Å²) in [5, 5.41) is 2.94. The van der Waals surface area contributed by atoms with Crippen molar-refractivity contribution in [2.24, 2.45) is 0 Å². The molecule has 0 saturated carbocycles. The van der Waals surface area contributed by atoms with Gasteiger partial charge in [-0.25, -0.2) is 4.98 Å². The molecule has 4 nitrogen and oxygen atoms in total. The van der Waals surface area contributed by atoms with Crippen LogP contribution in [0.3, 0.4) is 0 Å². The normalized spacial score (nSPS) is 10.8. The molecule has 0 fully saturated rings. The Hall–Kier alpha value is -2.67. The molecule has 128 valence electrons. The highest BCUT2D eigenvalue weighted by Crippen LogP contribution is 2.24. The highest BCUT2D eigenvalue weighted by Gasteiger charge is 2.08. The second kappa shape index (κ2) is 7.29. The summed E-state index contributed by atoms with van der Waals surface area (Å²) < 4.78 is 6.82. The highest BCUT2D eigenvalue weighted by molar-refractivity contribution is 14.1. The molecular formula is C21H15IN2O2. The first-order valence-corrected chi connectivity index (χ1v) is 9.25. The highest BCUT2D eigenvalue weighted by atomic mass is 127. The standard InChI is InChI=1S/C21H15IN2O2/c22-17-5-3-4-16(12-17)20(25)23-13-14-8-10-15(11-9-14)21-24-18-6-1-2-7-19(18)26-21/h1-12H,13H2,(H,23,25). The summed E-state index contributed by atoms with van der Waals surface area (Å²) >= 11 is 2.20. The number of halogens is 1. The fourth-order valence-corrected chi connectivity index (χ4v) is 3.22. The van der Waals surface area contributed by atoms with Gasteiger partial charge in [-0.15, -0.1) is 0 Å². The maximum Gasteiger partial charge on any atom is 0.251 e. The molecular weight excluding hydrogens is 439 g/mol. The van der Waals surface area contributed by atoms with Crippen molar-refractivity contribution in [2.75, 3.05) is 0 Å². The third-order valence-corrected chi connectivity index (χ3v) is 4.71. The quantitative estimate of drug-likeness (QED) is 0.441. The number of hydrogen-bond donors (Lipinski definition) is 1. The van der Waals surface area contributed by atoms with Crippen molar-refractivity contribution in [1.29, 1.82) is 0 Å². The smallest absolute Gasteiger partial charge is 0.251 e. The van der Waals surface area contributed by atoms with Gasteiger partial charge in [0.2, 0.25) is 5.89 Å². The van der Waals surface area contributed by atoms with E-state index in [9.17, 15) is 4.79 Å². The second-order valence-corrected chi connectivity index (χ2v) is 7.12. The van der Waals surface area contributed by atoms with Gasteiger partial charge in [-0.2, -0.15) is 0 Å².